The number of carbonyl (C=O) groups excluding carboxylic acids is 1. The largest absolute Gasteiger partial charge is 0.338 e. The minimum atomic E-state index is 0.125. The summed E-state index contributed by atoms with van der Waals surface area (Å²) in [4.78, 5) is 14.8. The molecule has 2 heterocycles. The molecule has 0 spiro atoms. The molecule has 1 amide bonds. The summed E-state index contributed by atoms with van der Waals surface area (Å²) in [6.07, 6.45) is 5.86. The molecule has 1 aromatic carbocycles. The summed E-state index contributed by atoms with van der Waals surface area (Å²) >= 11 is 1.77. The van der Waals surface area contributed by atoms with Gasteiger partial charge in [0.1, 0.15) is 12.2 Å². The molecular formula is C17H22N4OS. The molecule has 23 heavy (non-hydrogen) atoms. The molecule has 6 heteroatoms. The lowest BCUT2D eigenvalue weighted by Gasteiger charge is -2.32. The van der Waals surface area contributed by atoms with Gasteiger partial charge in [0.05, 0.1) is 0 Å². The quantitative estimate of drug-likeness (QED) is 0.865. The van der Waals surface area contributed by atoms with E-state index in [9.17, 15) is 4.79 Å². The summed E-state index contributed by atoms with van der Waals surface area (Å²) in [7, 11) is 1.96. The molecule has 2 aromatic rings. The van der Waals surface area contributed by atoms with Gasteiger partial charge >= 0.3 is 0 Å². The van der Waals surface area contributed by atoms with Gasteiger partial charge in [0.25, 0.3) is 5.91 Å². The van der Waals surface area contributed by atoms with E-state index in [2.05, 4.69) is 22.5 Å². The van der Waals surface area contributed by atoms with Crippen LogP contribution in [0.4, 0.5) is 0 Å². The van der Waals surface area contributed by atoms with E-state index >= 15 is 0 Å². The Kier molecular flexibility index (Phi) is 5.00. The Bertz CT molecular complexity index is 685. The van der Waals surface area contributed by atoms with Gasteiger partial charge in [-0.15, -0.1) is 10.2 Å². The van der Waals surface area contributed by atoms with Gasteiger partial charge in [-0.2, -0.15) is 11.8 Å². The van der Waals surface area contributed by atoms with Crippen LogP contribution in [0.15, 0.2) is 30.6 Å². The molecule has 1 atom stereocenters. The van der Waals surface area contributed by atoms with Crippen LogP contribution in [-0.4, -0.2) is 44.9 Å². The summed E-state index contributed by atoms with van der Waals surface area (Å²) in [5, 5.41) is 8.18. The zero-order chi connectivity index (χ0) is 16.2. The highest BCUT2D eigenvalue weighted by Gasteiger charge is 2.28. The van der Waals surface area contributed by atoms with Crippen molar-refractivity contribution >= 4 is 17.7 Å². The second-order valence-electron chi connectivity index (χ2n) is 6.02. The number of likely N-dealkylation sites (tertiary alicyclic amines) is 1. The van der Waals surface area contributed by atoms with Crippen molar-refractivity contribution in [2.24, 2.45) is 7.05 Å². The van der Waals surface area contributed by atoms with Crippen LogP contribution < -0.4 is 0 Å². The van der Waals surface area contributed by atoms with Crippen molar-refractivity contribution in [3.63, 3.8) is 0 Å². The summed E-state index contributed by atoms with van der Waals surface area (Å²) in [6, 6.07) is 7.98. The van der Waals surface area contributed by atoms with Crippen LogP contribution in [0, 0.1) is 0 Å². The number of carbonyl (C=O) groups is 1. The smallest absolute Gasteiger partial charge is 0.253 e. The Balaban J connectivity index is 1.74. The lowest BCUT2D eigenvalue weighted by molar-refractivity contribution is 0.0703. The van der Waals surface area contributed by atoms with Crippen molar-refractivity contribution in [1.29, 1.82) is 0 Å². The average molecular weight is 330 g/mol. The van der Waals surface area contributed by atoms with Crippen molar-refractivity contribution in [3.8, 4) is 0 Å². The second-order valence-corrected chi connectivity index (χ2v) is 6.89. The third-order valence-electron chi connectivity index (χ3n) is 4.31. The van der Waals surface area contributed by atoms with Crippen molar-refractivity contribution in [2.45, 2.75) is 24.5 Å². The topological polar surface area (TPSA) is 51.0 Å². The fourth-order valence-corrected chi connectivity index (χ4v) is 3.69. The fourth-order valence-electron chi connectivity index (χ4n) is 3.18. The Labute approximate surface area is 141 Å². The number of hydrogen-bond acceptors (Lipinski definition) is 4. The van der Waals surface area contributed by atoms with Crippen LogP contribution in [0.2, 0.25) is 0 Å². The molecule has 0 aliphatic carbocycles. The zero-order valence-corrected chi connectivity index (χ0v) is 14.4. The van der Waals surface area contributed by atoms with Gasteiger partial charge < -0.3 is 9.47 Å². The first-order valence-corrected chi connectivity index (χ1v) is 9.29. The lowest BCUT2D eigenvalue weighted by atomic mass is 9.96. The molecule has 1 saturated heterocycles. The number of aryl methyl sites for hydroxylation is 1. The van der Waals surface area contributed by atoms with E-state index < -0.39 is 0 Å². The number of amides is 1. The summed E-state index contributed by atoms with van der Waals surface area (Å²) in [5.41, 5.74) is 1.99. The molecule has 1 aliphatic rings. The van der Waals surface area contributed by atoms with E-state index in [1.807, 2.05) is 34.7 Å². The molecule has 0 radical (unpaired) electrons. The molecule has 0 N–H and O–H groups in total. The number of rotatable bonds is 4. The molecule has 0 bridgehead atoms. The number of benzene rings is 1. The third kappa shape index (κ3) is 3.58. The van der Waals surface area contributed by atoms with Crippen LogP contribution in [0.3, 0.4) is 0 Å². The van der Waals surface area contributed by atoms with Gasteiger partial charge in [-0.1, -0.05) is 12.1 Å². The molecule has 1 fully saturated rings. The zero-order valence-electron chi connectivity index (χ0n) is 13.6. The maximum atomic E-state index is 12.8. The van der Waals surface area contributed by atoms with E-state index in [0.29, 0.717) is 0 Å². The fraction of sp³-hybridized carbons (Fsp3) is 0.471. The van der Waals surface area contributed by atoms with Crippen LogP contribution >= 0.6 is 11.8 Å². The Morgan fingerprint density at radius 3 is 3.04 bits per heavy atom. The van der Waals surface area contributed by atoms with Crippen molar-refractivity contribution < 1.29 is 4.79 Å². The number of thioether (sulfide) groups is 1. The molecule has 0 saturated carbocycles. The minimum absolute atomic E-state index is 0.125. The Morgan fingerprint density at radius 1 is 1.43 bits per heavy atom. The predicted molar refractivity (Wildman–Crippen MR) is 92.5 cm³/mol. The predicted octanol–water partition coefficient (Wildman–Crippen LogP) is 2.70. The summed E-state index contributed by atoms with van der Waals surface area (Å²) in [5.74, 6) is 2.30. The highest BCUT2D eigenvalue weighted by molar-refractivity contribution is 7.97. The van der Waals surface area contributed by atoms with Gasteiger partial charge in [-0.3, -0.25) is 4.79 Å². The van der Waals surface area contributed by atoms with Crippen LogP contribution in [0.1, 0.15) is 40.5 Å². The maximum Gasteiger partial charge on any atom is 0.253 e. The molecule has 0 unspecified atom stereocenters. The second kappa shape index (κ2) is 7.17. The number of nitrogens with zero attached hydrogens (tertiary/aromatic N) is 4. The van der Waals surface area contributed by atoms with Gasteiger partial charge in [-0.05, 0) is 36.8 Å². The monoisotopic (exact) mass is 330 g/mol. The summed E-state index contributed by atoms with van der Waals surface area (Å²) in [6.45, 7) is 1.54. The number of hydrogen-bond donors (Lipinski definition) is 0. The molecular weight excluding hydrogens is 308 g/mol. The average Bonchev–Trinajstić information content (AvgIpc) is 3.01. The highest BCUT2D eigenvalue weighted by atomic mass is 32.2. The van der Waals surface area contributed by atoms with Gasteiger partial charge in [0.15, 0.2) is 0 Å². The highest BCUT2D eigenvalue weighted by Crippen LogP contribution is 2.26. The van der Waals surface area contributed by atoms with Gasteiger partial charge in [0, 0.05) is 37.4 Å². The van der Waals surface area contributed by atoms with Crippen molar-refractivity contribution in [1.82, 2.24) is 19.7 Å². The van der Waals surface area contributed by atoms with E-state index in [0.717, 1.165) is 43.1 Å². The minimum Gasteiger partial charge on any atom is -0.338 e. The van der Waals surface area contributed by atoms with E-state index in [1.165, 1.54) is 5.56 Å². The Hall–Kier alpha value is -1.82. The first-order chi connectivity index (χ1) is 11.2. The normalized spacial score (nSPS) is 18.2. The van der Waals surface area contributed by atoms with Gasteiger partial charge in [0.2, 0.25) is 0 Å². The molecule has 5 nitrogen and oxygen atoms in total. The van der Waals surface area contributed by atoms with Crippen LogP contribution in [0.5, 0.6) is 0 Å². The number of piperidine rings is 1. The van der Waals surface area contributed by atoms with Crippen LogP contribution in [0.25, 0.3) is 0 Å². The Morgan fingerprint density at radius 2 is 2.30 bits per heavy atom. The van der Waals surface area contributed by atoms with E-state index in [4.69, 9.17) is 0 Å². The lowest BCUT2D eigenvalue weighted by Crippen LogP contribution is -2.39. The first-order valence-electron chi connectivity index (χ1n) is 7.90. The standard InChI is InChI=1S/C17H22N4OS/c1-20-12-18-19-16(20)15-7-4-8-21(10-15)17(22)14-6-3-5-13(9-14)11-23-2/h3,5-6,9,12,15H,4,7-8,10-11H2,1-2H3/t15-/m0/s1. The summed E-state index contributed by atoms with van der Waals surface area (Å²) < 4.78 is 1.96. The SMILES string of the molecule is CSCc1cccc(C(=O)N2CCC[C@H](c3nncn3C)C2)c1. The van der Waals surface area contributed by atoms with Crippen molar-refractivity contribution in [2.75, 3.05) is 19.3 Å². The van der Waals surface area contributed by atoms with Crippen LogP contribution in [-0.2, 0) is 12.8 Å². The first kappa shape index (κ1) is 16.1. The third-order valence-corrected chi connectivity index (χ3v) is 4.93. The molecule has 1 aliphatic heterocycles. The molecule has 122 valence electrons. The molecule has 3 rings (SSSR count). The van der Waals surface area contributed by atoms with Gasteiger partial charge in [-0.25, -0.2) is 0 Å². The van der Waals surface area contributed by atoms with E-state index in [1.54, 1.807) is 18.1 Å². The molecule has 1 aromatic heterocycles. The van der Waals surface area contributed by atoms with E-state index in [-0.39, 0.29) is 11.8 Å². The number of aromatic nitrogens is 3. The maximum absolute atomic E-state index is 12.8. The van der Waals surface area contributed by atoms with Crippen molar-refractivity contribution in [3.05, 3.63) is 47.5 Å².